The second-order valence-corrected chi connectivity index (χ2v) is 5.35. The molecule has 0 saturated heterocycles. The lowest BCUT2D eigenvalue weighted by Gasteiger charge is -2.19. The van der Waals surface area contributed by atoms with Crippen LogP contribution in [-0.4, -0.2) is 6.26 Å². The van der Waals surface area contributed by atoms with Gasteiger partial charge in [0.25, 0.3) is 0 Å². The Labute approximate surface area is 89.7 Å². The molecule has 1 aromatic rings. The normalized spacial score (nSPS) is 11.8. The molecule has 0 N–H and O–H groups in total. The largest absolute Gasteiger partial charge is 0.128 e. The molecule has 0 aliphatic rings. The molecule has 0 spiro atoms. The Morgan fingerprint density at radius 2 is 1.85 bits per heavy atom. The third-order valence-electron chi connectivity index (χ3n) is 2.02. The maximum atomic E-state index is 6.03. The molecule has 0 fully saturated rings. The van der Waals surface area contributed by atoms with Crippen LogP contribution in [-0.2, 0) is 5.41 Å². The zero-order valence-corrected chi connectivity index (χ0v) is 10.1. The molecule has 0 unspecified atom stereocenters. The van der Waals surface area contributed by atoms with Gasteiger partial charge in [0.2, 0.25) is 0 Å². The Balaban J connectivity index is 3.14. The van der Waals surface area contributed by atoms with E-state index in [2.05, 4.69) is 32.9 Å². The van der Waals surface area contributed by atoms with Crippen LogP contribution in [0.2, 0.25) is 5.02 Å². The zero-order valence-electron chi connectivity index (χ0n) is 8.52. The fourth-order valence-corrected chi connectivity index (χ4v) is 1.98. The molecule has 1 aromatic carbocycles. The predicted molar refractivity (Wildman–Crippen MR) is 61.9 cm³/mol. The van der Waals surface area contributed by atoms with Gasteiger partial charge in [-0.2, -0.15) is 0 Å². The first-order valence-electron chi connectivity index (χ1n) is 4.29. The van der Waals surface area contributed by atoms with Gasteiger partial charge in [-0.3, -0.25) is 0 Å². The molecule has 13 heavy (non-hydrogen) atoms. The van der Waals surface area contributed by atoms with Crippen molar-refractivity contribution < 1.29 is 0 Å². The van der Waals surface area contributed by atoms with Crippen LogP contribution in [0.4, 0.5) is 0 Å². The van der Waals surface area contributed by atoms with Gasteiger partial charge < -0.3 is 0 Å². The quantitative estimate of drug-likeness (QED) is 0.626. The van der Waals surface area contributed by atoms with E-state index in [9.17, 15) is 0 Å². The average molecular weight is 215 g/mol. The molecule has 0 bridgehead atoms. The molecule has 0 radical (unpaired) electrons. The zero-order chi connectivity index (χ0) is 10.1. The van der Waals surface area contributed by atoms with Crippen LogP contribution in [0.5, 0.6) is 0 Å². The SMILES string of the molecule is CSc1cc(C(C)(C)C)ccc1Cl. The van der Waals surface area contributed by atoms with Crippen molar-refractivity contribution in [3.05, 3.63) is 28.8 Å². The maximum absolute atomic E-state index is 6.03. The Bertz CT molecular complexity index is 299. The van der Waals surface area contributed by atoms with Crippen molar-refractivity contribution in [2.75, 3.05) is 6.26 Å². The van der Waals surface area contributed by atoms with Crippen molar-refractivity contribution in [1.29, 1.82) is 0 Å². The van der Waals surface area contributed by atoms with E-state index in [1.165, 1.54) is 5.56 Å². The third kappa shape index (κ3) is 2.65. The van der Waals surface area contributed by atoms with Crippen LogP contribution in [0.3, 0.4) is 0 Å². The first-order chi connectivity index (χ1) is 5.95. The van der Waals surface area contributed by atoms with Crippen LogP contribution in [0.25, 0.3) is 0 Å². The fourth-order valence-electron chi connectivity index (χ4n) is 1.13. The first kappa shape index (κ1) is 10.9. The molecule has 2 heteroatoms. The molecule has 0 nitrogen and oxygen atoms in total. The molecule has 0 saturated carbocycles. The summed E-state index contributed by atoms with van der Waals surface area (Å²) >= 11 is 7.72. The average Bonchev–Trinajstić information content (AvgIpc) is 2.03. The predicted octanol–water partition coefficient (Wildman–Crippen LogP) is 4.36. The van der Waals surface area contributed by atoms with Crippen molar-refractivity contribution in [3.8, 4) is 0 Å². The number of hydrogen-bond donors (Lipinski definition) is 0. The summed E-state index contributed by atoms with van der Waals surface area (Å²) in [6.07, 6.45) is 2.05. The summed E-state index contributed by atoms with van der Waals surface area (Å²) in [4.78, 5) is 1.16. The van der Waals surface area contributed by atoms with Gasteiger partial charge in [-0.25, -0.2) is 0 Å². The topological polar surface area (TPSA) is 0 Å². The number of benzene rings is 1. The molecule has 0 aromatic heterocycles. The summed E-state index contributed by atoms with van der Waals surface area (Å²) in [7, 11) is 0. The minimum atomic E-state index is 0.203. The van der Waals surface area contributed by atoms with Gasteiger partial charge in [-0.1, -0.05) is 38.4 Å². The van der Waals surface area contributed by atoms with E-state index in [4.69, 9.17) is 11.6 Å². The molecule has 0 heterocycles. The van der Waals surface area contributed by atoms with Crippen molar-refractivity contribution >= 4 is 23.4 Å². The lowest BCUT2D eigenvalue weighted by atomic mass is 9.87. The van der Waals surface area contributed by atoms with Crippen LogP contribution < -0.4 is 0 Å². The van der Waals surface area contributed by atoms with Gasteiger partial charge in [-0.15, -0.1) is 11.8 Å². The summed E-state index contributed by atoms with van der Waals surface area (Å²) < 4.78 is 0. The molecular formula is C11H15ClS. The molecule has 0 aliphatic heterocycles. The minimum Gasteiger partial charge on any atom is -0.128 e. The van der Waals surface area contributed by atoms with E-state index in [0.717, 1.165) is 9.92 Å². The van der Waals surface area contributed by atoms with Gasteiger partial charge in [0.15, 0.2) is 0 Å². The molecule has 72 valence electrons. The lowest BCUT2D eigenvalue weighted by molar-refractivity contribution is 0.589. The molecule has 0 aliphatic carbocycles. The van der Waals surface area contributed by atoms with E-state index < -0.39 is 0 Å². The molecule has 0 amide bonds. The second-order valence-electron chi connectivity index (χ2n) is 4.10. The Morgan fingerprint density at radius 1 is 1.23 bits per heavy atom. The number of rotatable bonds is 1. The van der Waals surface area contributed by atoms with E-state index in [0.29, 0.717) is 0 Å². The highest BCUT2D eigenvalue weighted by atomic mass is 35.5. The Hall–Kier alpha value is -0.140. The van der Waals surface area contributed by atoms with E-state index in [-0.39, 0.29) is 5.41 Å². The van der Waals surface area contributed by atoms with Gasteiger partial charge in [0.1, 0.15) is 0 Å². The maximum Gasteiger partial charge on any atom is 0.0541 e. The number of thioether (sulfide) groups is 1. The van der Waals surface area contributed by atoms with Gasteiger partial charge >= 0.3 is 0 Å². The van der Waals surface area contributed by atoms with Gasteiger partial charge in [0.05, 0.1) is 5.02 Å². The summed E-state index contributed by atoms with van der Waals surface area (Å²) in [5.41, 5.74) is 1.54. The van der Waals surface area contributed by atoms with Crippen molar-refractivity contribution in [2.45, 2.75) is 31.1 Å². The standard InChI is InChI=1S/C11H15ClS/c1-11(2,3)8-5-6-9(12)10(7-8)13-4/h5-7H,1-4H3. The van der Waals surface area contributed by atoms with Crippen LogP contribution in [0.1, 0.15) is 26.3 Å². The first-order valence-corrected chi connectivity index (χ1v) is 5.89. The van der Waals surface area contributed by atoms with Crippen LogP contribution in [0.15, 0.2) is 23.1 Å². The molecular weight excluding hydrogens is 200 g/mol. The highest BCUT2D eigenvalue weighted by Gasteiger charge is 2.14. The van der Waals surface area contributed by atoms with Crippen molar-refractivity contribution in [3.63, 3.8) is 0 Å². The smallest absolute Gasteiger partial charge is 0.0541 e. The van der Waals surface area contributed by atoms with Crippen molar-refractivity contribution in [1.82, 2.24) is 0 Å². The fraction of sp³-hybridized carbons (Fsp3) is 0.455. The monoisotopic (exact) mass is 214 g/mol. The van der Waals surface area contributed by atoms with Crippen LogP contribution >= 0.6 is 23.4 Å². The number of hydrogen-bond acceptors (Lipinski definition) is 1. The lowest BCUT2D eigenvalue weighted by Crippen LogP contribution is -2.10. The summed E-state index contributed by atoms with van der Waals surface area (Å²) in [5, 5.41) is 0.848. The van der Waals surface area contributed by atoms with Gasteiger partial charge in [0, 0.05) is 4.90 Å². The molecule has 1 rings (SSSR count). The number of halogens is 1. The second kappa shape index (κ2) is 3.93. The highest BCUT2D eigenvalue weighted by molar-refractivity contribution is 7.98. The van der Waals surface area contributed by atoms with E-state index in [1.807, 2.05) is 12.3 Å². The highest BCUT2D eigenvalue weighted by Crippen LogP contribution is 2.31. The summed E-state index contributed by atoms with van der Waals surface area (Å²) in [6.45, 7) is 6.63. The van der Waals surface area contributed by atoms with E-state index in [1.54, 1.807) is 11.8 Å². The Morgan fingerprint density at radius 3 is 2.31 bits per heavy atom. The van der Waals surface area contributed by atoms with Gasteiger partial charge in [-0.05, 0) is 29.4 Å². The van der Waals surface area contributed by atoms with E-state index >= 15 is 0 Å². The van der Waals surface area contributed by atoms with Crippen LogP contribution in [0, 0.1) is 0 Å². The summed E-state index contributed by atoms with van der Waals surface area (Å²) in [6, 6.07) is 6.25. The minimum absolute atomic E-state index is 0.203. The third-order valence-corrected chi connectivity index (χ3v) is 3.24. The Kier molecular flexibility index (Phi) is 3.31. The molecule has 0 atom stereocenters. The van der Waals surface area contributed by atoms with Crippen molar-refractivity contribution in [2.24, 2.45) is 0 Å². The summed E-state index contributed by atoms with van der Waals surface area (Å²) in [5.74, 6) is 0.